The van der Waals surface area contributed by atoms with Crippen LogP contribution in [0.25, 0.3) is 11.0 Å². The Morgan fingerprint density at radius 3 is 1.34 bits per heavy atom. The normalized spacial score (nSPS) is 17.8. The van der Waals surface area contributed by atoms with Gasteiger partial charge < -0.3 is 19.1 Å². The standard InChI is InChI=1S/C72H82BN3O/c1-66(2,3)45-23-29-49(30-24-45)74(48-21-19-18-20-22-48)52-39-60-63-61(40-52)76(51-33-27-47(28-34-51)68(7,8)9)64-53-41-54-57(72(16,17)38-35-69(54,10)11)44-62(53)77-65(64)73(63)58-42-55-56(71(14,15)37-36-70(55,12)13)43-59(58)75(60)50-31-25-46(26-32-50)67(4,5)6/h18-34,39-44H,35-38H2,1-17H3. The van der Waals surface area contributed by atoms with Crippen LogP contribution in [0.3, 0.4) is 0 Å². The van der Waals surface area contributed by atoms with Crippen molar-refractivity contribution < 1.29 is 4.42 Å². The predicted octanol–water partition coefficient (Wildman–Crippen LogP) is 18.6. The van der Waals surface area contributed by atoms with E-state index in [1.165, 1.54) is 72.3 Å². The molecule has 0 amide bonds. The van der Waals surface area contributed by atoms with Gasteiger partial charge in [0.25, 0.3) is 6.71 Å². The van der Waals surface area contributed by atoms with Gasteiger partial charge in [0.2, 0.25) is 0 Å². The molecule has 77 heavy (non-hydrogen) atoms. The Balaban J connectivity index is 1.25. The summed E-state index contributed by atoms with van der Waals surface area (Å²) in [5.74, 6) is 0. The van der Waals surface area contributed by atoms with Crippen LogP contribution in [0.4, 0.5) is 51.2 Å². The van der Waals surface area contributed by atoms with Crippen molar-refractivity contribution >= 4 is 85.5 Å². The Bertz CT molecular complexity index is 3630. The topological polar surface area (TPSA) is 22.9 Å². The van der Waals surface area contributed by atoms with Gasteiger partial charge in [-0.1, -0.05) is 178 Å². The van der Waals surface area contributed by atoms with E-state index in [1.807, 2.05) is 0 Å². The van der Waals surface area contributed by atoms with Gasteiger partial charge in [-0.05, 0) is 192 Å². The summed E-state index contributed by atoms with van der Waals surface area (Å²) in [6.45, 7) is 40.3. The van der Waals surface area contributed by atoms with E-state index in [4.69, 9.17) is 4.42 Å². The first-order valence-electron chi connectivity index (χ1n) is 28.8. The third-order valence-electron chi connectivity index (χ3n) is 18.8. The van der Waals surface area contributed by atoms with Gasteiger partial charge in [0.05, 0.1) is 17.0 Å². The van der Waals surface area contributed by atoms with Crippen LogP contribution in [0.15, 0.2) is 144 Å². The van der Waals surface area contributed by atoms with Crippen LogP contribution in [0.2, 0.25) is 0 Å². The first kappa shape index (κ1) is 51.3. The van der Waals surface area contributed by atoms with Gasteiger partial charge >= 0.3 is 0 Å². The van der Waals surface area contributed by atoms with Gasteiger partial charge in [-0.3, -0.25) is 0 Å². The first-order chi connectivity index (χ1) is 36.0. The second-order valence-electron chi connectivity index (χ2n) is 29.3. The summed E-state index contributed by atoms with van der Waals surface area (Å²) in [6, 6.07) is 54.5. The van der Waals surface area contributed by atoms with Gasteiger partial charge in [0.1, 0.15) is 5.58 Å². The lowest BCUT2D eigenvalue weighted by molar-refractivity contribution is 0.332. The van der Waals surface area contributed by atoms with Crippen molar-refractivity contribution in [2.24, 2.45) is 0 Å². The SMILES string of the molecule is CC(C)(C)c1ccc(N(c2ccccc2)c2cc3c4c(c2)N(c2ccc(C(C)(C)C)cc2)c2c(oc5cc6c(cc25)C(C)(C)CCC6(C)C)B4c2cc4c(cc2N3c2ccc(C(C)(C)C)cc2)C(C)(C)CCC4(C)C)cc1. The molecule has 12 rings (SSSR count). The lowest BCUT2D eigenvalue weighted by atomic mass is 9.35. The number of furan rings is 1. The second-order valence-corrected chi connectivity index (χ2v) is 29.3. The molecular weight excluding hydrogens is 934 g/mol. The summed E-state index contributed by atoms with van der Waals surface area (Å²) in [5.41, 5.74) is 24.6. The average Bonchev–Trinajstić information content (AvgIpc) is 4.04. The Morgan fingerprint density at radius 2 is 0.844 bits per heavy atom. The molecule has 4 aliphatic rings. The van der Waals surface area contributed by atoms with Crippen molar-refractivity contribution in [2.45, 2.75) is 181 Å². The van der Waals surface area contributed by atoms with Crippen LogP contribution < -0.4 is 31.3 Å². The minimum absolute atomic E-state index is 0.000293. The molecule has 0 fully saturated rings. The maximum absolute atomic E-state index is 7.77. The van der Waals surface area contributed by atoms with Crippen LogP contribution in [-0.2, 0) is 37.9 Å². The van der Waals surface area contributed by atoms with E-state index >= 15 is 0 Å². The number of para-hydroxylation sites is 1. The van der Waals surface area contributed by atoms with Crippen molar-refractivity contribution in [2.75, 3.05) is 14.7 Å². The molecule has 3 heterocycles. The lowest BCUT2D eigenvalue weighted by Gasteiger charge is -2.47. The van der Waals surface area contributed by atoms with Crippen molar-refractivity contribution in [3.05, 3.63) is 178 Å². The van der Waals surface area contributed by atoms with E-state index in [2.05, 4.69) is 272 Å². The zero-order valence-corrected chi connectivity index (χ0v) is 49.4. The molecule has 7 aromatic carbocycles. The average molecular weight is 1020 g/mol. The highest BCUT2D eigenvalue weighted by molar-refractivity contribution is 7.00. The first-order valence-corrected chi connectivity index (χ1v) is 28.8. The largest absolute Gasteiger partial charge is 0.468 e. The van der Waals surface area contributed by atoms with Gasteiger partial charge in [0.15, 0.2) is 0 Å². The van der Waals surface area contributed by atoms with Crippen LogP contribution in [0.5, 0.6) is 0 Å². The Labute approximate surface area is 462 Å². The molecule has 394 valence electrons. The van der Waals surface area contributed by atoms with Crippen molar-refractivity contribution in [1.29, 1.82) is 0 Å². The fraction of sp³-hybridized carbons (Fsp3) is 0.389. The summed E-state index contributed by atoms with van der Waals surface area (Å²) in [6.07, 6.45) is 4.54. The van der Waals surface area contributed by atoms with Gasteiger partial charge in [-0.2, -0.15) is 0 Å². The Hall–Kier alpha value is -6.46. The highest BCUT2D eigenvalue weighted by Gasteiger charge is 2.50. The van der Waals surface area contributed by atoms with E-state index in [9.17, 15) is 0 Å². The molecule has 1 aromatic heterocycles. The number of rotatable bonds is 5. The lowest BCUT2D eigenvalue weighted by Crippen LogP contribution is -2.61. The van der Waals surface area contributed by atoms with Crippen molar-refractivity contribution in [3.8, 4) is 0 Å². The molecule has 0 spiro atoms. The molecule has 0 atom stereocenters. The summed E-state index contributed by atoms with van der Waals surface area (Å²) in [4.78, 5) is 7.71. The fourth-order valence-electron chi connectivity index (χ4n) is 13.6. The molecule has 0 saturated heterocycles. The Morgan fingerprint density at radius 1 is 0.429 bits per heavy atom. The maximum atomic E-state index is 7.77. The molecule has 0 N–H and O–H groups in total. The molecule has 8 aromatic rings. The molecule has 0 unspecified atom stereocenters. The van der Waals surface area contributed by atoms with Gasteiger partial charge in [-0.15, -0.1) is 0 Å². The molecule has 4 nitrogen and oxygen atoms in total. The van der Waals surface area contributed by atoms with Crippen molar-refractivity contribution in [3.63, 3.8) is 0 Å². The van der Waals surface area contributed by atoms with Crippen LogP contribution in [-0.4, -0.2) is 6.71 Å². The molecule has 0 saturated carbocycles. The summed E-state index contributed by atoms with van der Waals surface area (Å²) in [5, 5.41) is 1.18. The molecular formula is C72H82BN3O. The van der Waals surface area contributed by atoms with Crippen LogP contribution >= 0.6 is 0 Å². The highest BCUT2D eigenvalue weighted by Crippen LogP contribution is 2.55. The molecule has 5 heteroatoms. The number of nitrogens with zero attached hydrogens (tertiary/aromatic N) is 3. The highest BCUT2D eigenvalue weighted by atomic mass is 16.3. The van der Waals surface area contributed by atoms with E-state index < -0.39 is 0 Å². The number of anilines is 9. The zero-order valence-electron chi connectivity index (χ0n) is 49.4. The number of fused-ring (bicyclic) bond motifs is 8. The fourth-order valence-corrected chi connectivity index (χ4v) is 13.6. The van der Waals surface area contributed by atoms with Crippen molar-refractivity contribution in [1.82, 2.24) is 0 Å². The Kier molecular flexibility index (Phi) is 11.3. The molecule has 2 aliphatic carbocycles. The summed E-state index contributed by atoms with van der Waals surface area (Å²) in [7, 11) is 0. The quantitative estimate of drug-likeness (QED) is 0.160. The minimum atomic E-state index is -0.193. The van der Waals surface area contributed by atoms with E-state index in [0.29, 0.717) is 0 Å². The number of hydrogen-bond donors (Lipinski definition) is 0. The number of benzene rings is 7. The summed E-state index contributed by atoms with van der Waals surface area (Å²) < 4.78 is 7.77. The zero-order chi connectivity index (χ0) is 54.7. The van der Waals surface area contributed by atoms with E-state index in [0.717, 1.165) is 71.1 Å². The van der Waals surface area contributed by atoms with E-state index in [1.54, 1.807) is 0 Å². The third-order valence-corrected chi connectivity index (χ3v) is 18.8. The molecule has 2 aliphatic heterocycles. The van der Waals surface area contributed by atoms with Gasteiger partial charge in [-0.25, -0.2) is 0 Å². The van der Waals surface area contributed by atoms with Crippen LogP contribution in [0, 0.1) is 0 Å². The monoisotopic (exact) mass is 1020 g/mol. The minimum Gasteiger partial charge on any atom is -0.468 e. The molecule has 0 radical (unpaired) electrons. The van der Waals surface area contributed by atoms with Gasteiger partial charge in [0, 0.05) is 45.2 Å². The smallest absolute Gasteiger partial charge is 0.297 e. The molecule has 0 bridgehead atoms. The second kappa shape index (κ2) is 17.0. The maximum Gasteiger partial charge on any atom is 0.297 e. The van der Waals surface area contributed by atoms with Crippen LogP contribution in [0.1, 0.15) is 182 Å². The number of hydrogen-bond acceptors (Lipinski definition) is 4. The third kappa shape index (κ3) is 8.30. The summed E-state index contributed by atoms with van der Waals surface area (Å²) >= 11 is 0. The predicted molar refractivity (Wildman–Crippen MR) is 332 cm³/mol. The van der Waals surface area contributed by atoms with E-state index in [-0.39, 0.29) is 44.6 Å².